The van der Waals surface area contributed by atoms with Crippen LogP contribution < -0.4 is 5.73 Å². The van der Waals surface area contributed by atoms with E-state index in [1.165, 1.54) is 11.1 Å². The van der Waals surface area contributed by atoms with E-state index >= 15 is 0 Å². The lowest BCUT2D eigenvalue weighted by molar-refractivity contribution is 0.652. The summed E-state index contributed by atoms with van der Waals surface area (Å²) in [5.41, 5.74) is 8.81. The number of thioether (sulfide) groups is 1. The van der Waals surface area contributed by atoms with Gasteiger partial charge in [-0.15, -0.1) is 0 Å². The zero-order chi connectivity index (χ0) is 11.1. The Morgan fingerprint density at radius 3 is 2.33 bits per heavy atom. The van der Waals surface area contributed by atoms with Crippen LogP contribution in [-0.2, 0) is 12.8 Å². The lowest BCUT2D eigenvalue weighted by Gasteiger charge is -2.10. The van der Waals surface area contributed by atoms with Gasteiger partial charge in [0.05, 0.1) is 0 Å². The Hall–Kier alpha value is -0.470. The van der Waals surface area contributed by atoms with Crippen LogP contribution in [0.25, 0.3) is 0 Å². The van der Waals surface area contributed by atoms with E-state index in [4.69, 9.17) is 5.73 Å². The van der Waals surface area contributed by atoms with Gasteiger partial charge in [-0.1, -0.05) is 31.2 Å². The topological polar surface area (TPSA) is 26.0 Å². The summed E-state index contributed by atoms with van der Waals surface area (Å²) in [6.45, 7) is 2.18. The fourth-order valence-electron chi connectivity index (χ4n) is 1.59. The van der Waals surface area contributed by atoms with Crippen LogP contribution in [0.15, 0.2) is 24.3 Å². The summed E-state index contributed by atoms with van der Waals surface area (Å²) in [6.07, 6.45) is 5.35. The number of aryl methyl sites for hydroxylation is 1. The van der Waals surface area contributed by atoms with Crippen molar-refractivity contribution in [2.75, 3.05) is 12.0 Å². The highest BCUT2D eigenvalue weighted by molar-refractivity contribution is 7.98. The van der Waals surface area contributed by atoms with Crippen LogP contribution in [0.3, 0.4) is 0 Å². The Balaban J connectivity index is 2.42. The van der Waals surface area contributed by atoms with Gasteiger partial charge in [0, 0.05) is 6.04 Å². The van der Waals surface area contributed by atoms with E-state index in [0.29, 0.717) is 6.04 Å². The Morgan fingerprint density at radius 2 is 1.80 bits per heavy atom. The predicted octanol–water partition coefficient (Wildman–Crippen LogP) is 2.87. The van der Waals surface area contributed by atoms with Gasteiger partial charge in [0.15, 0.2) is 0 Å². The zero-order valence-electron chi connectivity index (χ0n) is 9.70. The molecule has 0 saturated carbocycles. The van der Waals surface area contributed by atoms with Crippen molar-refractivity contribution in [3.8, 4) is 0 Å². The second kappa shape index (κ2) is 6.91. The number of nitrogens with two attached hydrogens (primary N) is 1. The average molecular weight is 223 g/mol. The molecule has 0 amide bonds. The molecule has 84 valence electrons. The van der Waals surface area contributed by atoms with Gasteiger partial charge >= 0.3 is 0 Å². The van der Waals surface area contributed by atoms with Crippen LogP contribution in [0.4, 0.5) is 0 Å². The Morgan fingerprint density at radius 1 is 1.20 bits per heavy atom. The molecule has 2 N–H and O–H groups in total. The third kappa shape index (κ3) is 4.72. The first kappa shape index (κ1) is 12.6. The van der Waals surface area contributed by atoms with E-state index in [1.807, 2.05) is 11.8 Å². The number of hydrogen-bond donors (Lipinski definition) is 1. The van der Waals surface area contributed by atoms with Gasteiger partial charge in [0.25, 0.3) is 0 Å². The van der Waals surface area contributed by atoms with Crippen LogP contribution in [0.2, 0.25) is 0 Å². The van der Waals surface area contributed by atoms with Gasteiger partial charge in [0.1, 0.15) is 0 Å². The average Bonchev–Trinajstić information content (AvgIpc) is 2.27. The van der Waals surface area contributed by atoms with E-state index in [2.05, 4.69) is 37.4 Å². The van der Waals surface area contributed by atoms with Gasteiger partial charge in [0.2, 0.25) is 0 Å². The molecule has 0 radical (unpaired) electrons. The highest BCUT2D eigenvalue weighted by Crippen LogP contribution is 2.09. The minimum Gasteiger partial charge on any atom is -0.327 e. The van der Waals surface area contributed by atoms with Crippen molar-refractivity contribution in [3.05, 3.63) is 35.4 Å². The third-order valence-electron chi connectivity index (χ3n) is 2.62. The normalized spacial score (nSPS) is 12.7. The van der Waals surface area contributed by atoms with Crippen molar-refractivity contribution in [3.63, 3.8) is 0 Å². The van der Waals surface area contributed by atoms with Crippen molar-refractivity contribution in [1.82, 2.24) is 0 Å². The maximum atomic E-state index is 6.05. The number of rotatable bonds is 6. The summed E-state index contributed by atoms with van der Waals surface area (Å²) in [5, 5.41) is 0. The first-order valence-electron chi connectivity index (χ1n) is 5.58. The molecule has 2 heteroatoms. The van der Waals surface area contributed by atoms with Crippen LogP contribution in [0.1, 0.15) is 24.5 Å². The zero-order valence-corrected chi connectivity index (χ0v) is 10.5. The fraction of sp³-hybridized carbons (Fsp3) is 0.538. The van der Waals surface area contributed by atoms with Crippen LogP contribution in [0, 0.1) is 0 Å². The molecule has 0 fully saturated rings. The van der Waals surface area contributed by atoms with Crippen LogP contribution >= 0.6 is 11.8 Å². The molecule has 0 spiro atoms. The van der Waals surface area contributed by atoms with Crippen molar-refractivity contribution < 1.29 is 0 Å². The maximum Gasteiger partial charge on any atom is 0.00871 e. The molecule has 0 saturated heterocycles. The van der Waals surface area contributed by atoms with Gasteiger partial charge in [-0.25, -0.2) is 0 Å². The van der Waals surface area contributed by atoms with Gasteiger partial charge in [-0.3, -0.25) is 0 Å². The molecule has 1 unspecified atom stereocenters. The monoisotopic (exact) mass is 223 g/mol. The van der Waals surface area contributed by atoms with Crippen LogP contribution in [0.5, 0.6) is 0 Å². The predicted molar refractivity (Wildman–Crippen MR) is 70.5 cm³/mol. The largest absolute Gasteiger partial charge is 0.327 e. The fourth-order valence-corrected chi connectivity index (χ4v) is 2.12. The summed E-state index contributed by atoms with van der Waals surface area (Å²) >= 11 is 1.87. The molecule has 1 aromatic carbocycles. The van der Waals surface area contributed by atoms with Crippen molar-refractivity contribution in [2.45, 2.75) is 32.2 Å². The molecule has 0 aliphatic heterocycles. The molecule has 0 aliphatic rings. The molecule has 0 aliphatic carbocycles. The molecule has 0 aromatic heterocycles. The Labute approximate surface area is 97.4 Å². The minimum atomic E-state index is 0.310. The molecule has 1 aromatic rings. The summed E-state index contributed by atoms with van der Waals surface area (Å²) < 4.78 is 0. The first-order chi connectivity index (χ1) is 7.26. The van der Waals surface area contributed by atoms with E-state index in [1.54, 1.807) is 0 Å². The quantitative estimate of drug-likeness (QED) is 0.802. The summed E-state index contributed by atoms with van der Waals surface area (Å²) in [6, 6.07) is 9.13. The molecule has 0 bridgehead atoms. The minimum absolute atomic E-state index is 0.310. The van der Waals surface area contributed by atoms with Crippen molar-refractivity contribution in [2.24, 2.45) is 5.73 Å². The molecule has 1 atom stereocenters. The summed E-state index contributed by atoms with van der Waals surface area (Å²) in [7, 11) is 0. The standard InChI is InChI=1S/C13H21NS/c1-3-11-4-6-12(7-5-11)10-13(14)8-9-15-2/h4-7,13H,3,8-10,14H2,1-2H3. The highest BCUT2D eigenvalue weighted by Gasteiger charge is 2.03. The number of benzene rings is 1. The van der Waals surface area contributed by atoms with Gasteiger partial charge < -0.3 is 5.73 Å². The number of hydrogen-bond acceptors (Lipinski definition) is 2. The third-order valence-corrected chi connectivity index (χ3v) is 3.27. The lowest BCUT2D eigenvalue weighted by Crippen LogP contribution is -2.23. The molecule has 15 heavy (non-hydrogen) atoms. The maximum absolute atomic E-state index is 6.05. The van der Waals surface area contributed by atoms with E-state index < -0.39 is 0 Å². The Kier molecular flexibility index (Phi) is 5.81. The van der Waals surface area contributed by atoms with E-state index in [0.717, 1.165) is 25.0 Å². The highest BCUT2D eigenvalue weighted by atomic mass is 32.2. The second-order valence-corrected chi connectivity index (χ2v) is 4.90. The summed E-state index contributed by atoms with van der Waals surface area (Å²) in [5.74, 6) is 1.16. The molecule has 1 rings (SSSR count). The van der Waals surface area contributed by atoms with Gasteiger partial charge in [-0.05, 0) is 42.4 Å². The van der Waals surface area contributed by atoms with Gasteiger partial charge in [-0.2, -0.15) is 11.8 Å². The van der Waals surface area contributed by atoms with Crippen LogP contribution in [-0.4, -0.2) is 18.1 Å². The molecule has 1 nitrogen and oxygen atoms in total. The lowest BCUT2D eigenvalue weighted by atomic mass is 10.0. The molecular weight excluding hydrogens is 202 g/mol. The smallest absolute Gasteiger partial charge is 0.00871 e. The van der Waals surface area contributed by atoms with Crippen molar-refractivity contribution >= 4 is 11.8 Å². The summed E-state index contributed by atoms with van der Waals surface area (Å²) in [4.78, 5) is 0. The van der Waals surface area contributed by atoms with Crippen molar-refractivity contribution in [1.29, 1.82) is 0 Å². The molecular formula is C13H21NS. The SMILES string of the molecule is CCc1ccc(CC(N)CCSC)cc1. The van der Waals surface area contributed by atoms with E-state index in [-0.39, 0.29) is 0 Å². The molecule has 0 heterocycles. The first-order valence-corrected chi connectivity index (χ1v) is 6.98. The Bertz CT molecular complexity index is 268. The second-order valence-electron chi connectivity index (χ2n) is 3.92. The van der Waals surface area contributed by atoms with E-state index in [9.17, 15) is 0 Å².